The van der Waals surface area contributed by atoms with Crippen LogP contribution >= 0.6 is 11.3 Å². The third-order valence-corrected chi connectivity index (χ3v) is 7.27. The number of aryl methyl sites for hydroxylation is 1. The molecule has 2 heterocycles. The number of thiazole rings is 1. The second-order valence-electron chi connectivity index (χ2n) is 8.89. The van der Waals surface area contributed by atoms with Gasteiger partial charge in [0.2, 0.25) is 5.91 Å². The van der Waals surface area contributed by atoms with E-state index < -0.39 is 0 Å². The molecule has 5 aromatic rings. The number of amides is 1. The zero-order valence-corrected chi connectivity index (χ0v) is 21.4. The van der Waals surface area contributed by atoms with Gasteiger partial charge in [0.05, 0.1) is 29.2 Å². The summed E-state index contributed by atoms with van der Waals surface area (Å²) in [4.78, 5) is 23.8. The van der Waals surface area contributed by atoms with Gasteiger partial charge in [-0.2, -0.15) is 0 Å². The van der Waals surface area contributed by atoms with Crippen molar-refractivity contribution >= 4 is 28.3 Å². The Kier molecular flexibility index (Phi) is 6.82. The Morgan fingerprint density at radius 1 is 1.06 bits per heavy atom. The zero-order valence-electron chi connectivity index (χ0n) is 20.6. The Bertz CT molecular complexity index is 1470. The van der Waals surface area contributed by atoms with E-state index in [1.54, 1.807) is 4.90 Å². The predicted molar refractivity (Wildman–Crippen MR) is 144 cm³/mol. The molecule has 182 valence electrons. The summed E-state index contributed by atoms with van der Waals surface area (Å²) >= 11 is 1.52. The number of ether oxygens (including phenoxy) is 1. The molecule has 36 heavy (non-hydrogen) atoms. The van der Waals surface area contributed by atoms with Crippen molar-refractivity contribution in [3.05, 3.63) is 106 Å². The maximum Gasteiger partial charge on any atom is 0.228 e. The van der Waals surface area contributed by atoms with Gasteiger partial charge in [-0.1, -0.05) is 42.0 Å². The monoisotopic (exact) mass is 496 g/mol. The molecule has 3 aromatic carbocycles. The summed E-state index contributed by atoms with van der Waals surface area (Å²) in [7, 11) is 1.85. The van der Waals surface area contributed by atoms with Gasteiger partial charge in [0.1, 0.15) is 23.7 Å². The van der Waals surface area contributed by atoms with Crippen LogP contribution in [-0.4, -0.2) is 32.4 Å². The first-order valence-electron chi connectivity index (χ1n) is 11.9. The number of hydrogen-bond donors (Lipinski definition) is 0. The number of para-hydroxylation sites is 2. The fourth-order valence-corrected chi connectivity index (χ4v) is 4.78. The molecule has 1 amide bonds. The highest BCUT2D eigenvalue weighted by atomic mass is 32.1. The molecule has 0 fully saturated rings. The van der Waals surface area contributed by atoms with Crippen molar-refractivity contribution < 1.29 is 9.53 Å². The molecule has 0 radical (unpaired) electrons. The van der Waals surface area contributed by atoms with E-state index in [1.165, 1.54) is 16.9 Å². The van der Waals surface area contributed by atoms with Crippen LogP contribution in [0.1, 0.15) is 34.8 Å². The van der Waals surface area contributed by atoms with Crippen molar-refractivity contribution in [1.82, 2.24) is 19.4 Å². The number of likely N-dealkylation sites (N-methyl/N-ethyl adjacent to an activating group) is 1. The van der Waals surface area contributed by atoms with E-state index in [0.717, 1.165) is 38.7 Å². The normalized spacial score (nSPS) is 12.0. The summed E-state index contributed by atoms with van der Waals surface area (Å²) in [5.41, 5.74) is 6.11. The molecular formula is C29H28N4O2S. The molecule has 7 heteroatoms. The first kappa shape index (κ1) is 23.8. The van der Waals surface area contributed by atoms with Gasteiger partial charge in [0.25, 0.3) is 0 Å². The molecule has 1 atom stereocenters. The first-order chi connectivity index (χ1) is 17.5. The molecule has 6 nitrogen and oxygen atoms in total. The van der Waals surface area contributed by atoms with E-state index in [-0.39, 0.29) is 18.4 Å². The van der Waals surface area contributed by atoms with E-state index >= 15 is 0 Å². The highest BCUT2D eigenvalue weighted by Gasteiger charge is 2.19. The average molecular weight is 497 g/mol. The van der Waals surface area contributed by atoms with Gasteiger partial charge in [0, 0.05) is 18.1 Å². The Balaban J connectivity index is 1.19. The maximum absolute atomic E-state index is 13.0. The fourth-order valence-electron chi connectivity index (χ4n) is 4.07. The Hall–Kier alpha value is -3.97. The quantitative estimate of drug-likeness (QED) is 0.259. The molecule has 0 unspecified atom stereocenters. The molecular weight excluding hydrogens is 468 g/mol. The molecule has 0 spiro atoms. The lowest BCUT2D eigenvalue weighted by molar-refractivity contribution is -0.131. The number of imidazole rings is 1. The van der Waals surface area contributed by atoms with Gasteiger partial charge in [-0.05, 0) is 55.8 Å². The minimum Gasteiger partial charge on any atom is -0.486 e. The van der Waals surface area contributed by atoms with Crippen LogP contribution in [0.4, 0.5) is 0 Å². The van der Waals surface area contributed by atoms with Crippen LogP contribution < -0.4 is 4.74 Å². The van der Waals surface area contributed by atoms with Crippen molar-refractivity contribution in [3.8, 4) is 11.4 Å². The lowest BCUT2D eigenvalue weighted by Gasteiger charge is -2.25. The lowest BCUT2D eigenvalue weighted by atomic mass is 10.1. The van der Waals surface area contributed by atoms with Crippen LogP contribution in [0, 0.1) is 6.92 Å². The second kappa shape index (κ2) is 10.3. The summed E-state index contributed by atoms with van der Waals surface area (Å²) in [5, 5.41) is 2.80. The van der Waals surface area contributed by atoms with Crippen LogP contribution in [0.25, 0.3) is 16.7 Å². The van der Waals surface area contributed by atoms with Gasteiger partial charge >= 0.3 is 0 Å². The number of hydrogen-bond acceptors (Lipinski definition) is 5. The Morgan fingerprint density at radius 3 is 2.58 bits per heavy atom. The van der Waals surface area contributed by atoms with Crippen LogP contribution in [0.15, 0.2) is 84.5 Å². The van der Waals surface area contributed by atoms with E-state index in [1.807, 2.05) is 75.1 Å². The molecule has 0 aliphatic rings. The summed E-state index contributed by atoms with van der Waals surface area (Å²) in [6, 6.07) is 24.2. The molecule has 0 saturated heterocycles. The van der Waals surface area contributed by atoms with Crippen molar-refractivity contribution in [1.29, 1.82) is 0 Å². The number of carbonyl (C=O) groups excluding carboxylic acids is 1. The van der Waals surface area contributed by atoms with Gasteiger partial charge in [-0.3, -0.25) is 9.36 Å². The molecule has 0 aliphatic carbocycles. The largest absolute Gasteiger partial charge is 0.486 e. The second-order valence-corrected chi connectivity index (χ2v) is 9.83. The molecule has 0 saturated carbocycles. The number of benzene rings is 3. The van der Waals surface area contributed by atoms with Crippen LogP contribution in [0.5, 0.6) is 5.75 Å². The van der Waals surface area contributed by atoms with Crippen molar-refractivity contribution in [2.45, 2.75) is 32.9 Å². The molecule has 5 rings (SSSR count). The predicted octanol–water partition coefficient (Wildman–Crippen LogP) is 6.13. The van der Waals surface area contributed by atoms with Gasteiger partial charge in [-0.25, -0.2) is 9.97 Å². The van der Waals surface area contributed by atoms with Gasteiger partial charge in [0.15, 0.2) is 0 Å². The summed E-state index contributed by atoms with van der Waals surface area (Å²) < 4.78 is 7.89. The highest BCUT2D eigenvalue weighted by Crippen LogP contribution is 2.24. The van der Waals surface area contributed by atoms with E-state index in [0.29, 0.717) is 6.61 Å². The van der Waals surface area contributed by atoms with Gasteiger partial charge in [-0.15, -0.1) is 11.3 Å². The standard InChI is InChI=1S/C29H28N4O2S/c1-20-8-14-25(15-9-20)35-17-28-31-23(18-36-28)16-29(34)32(3)21(2)22-10-12-24(13-11-22)33-19-30-26-6-4-5-7-27(26)33/h4-15,18-19,21H,16-17H2,1-3H3/t21-/m0/s1. The van der Waals surface area contributed by atoms with Crippen LogP contribution in [0.3, 0.4) is 0 Å². The van der Waals surface area contributed by atoms with Crippen molar-refractivity contribution in [2.75, 3.05) is 7.05 Å². The maximum atomic E-state index is 13.0. The van der Waals surface area contributed by atoms with E-state index in [9.17, 15) is 4.79 Å². The smallest absolute Gasteiger partial charge is 0.228 e. The molecule has 2 aromatic heterocycles. The number of carbonyl (C=O) groups is 1. The fraction of sp³-hybridized carbons (Fsp3) is 0.207. The lowest BCUT2D eigenvalue weighted by Crippen LogP contribution is -2.31. The van der Waals surface area contributed by atoms with E-state index in [4.69, 9.17) is 4.74 Å². The molecule has 0 aliphatic heterocycles. The molecule has 0 bridgehead atoms. The third kappa shape index (κ3) is 5.16. The highest BCUT2D eigenvalue weighted by molar-refractivity contribution is 7.09. The van der Waals surface area contributed by atoms with E-state index in [2.05, 4.69) is 44.9 Å². The summed E-state index contributed by atoms with van der Waals surface area (Å²) in [6.45, 7) is 4.48. The average Bonchev–Trinajstić information content (AvgIpc) is 3.54. The number of rotatable bonds is 8. The summed E-state index contributed by atoms with van der Waals surface area (Å²) in [5.74, 6) is 0.845. The number of fused-ring (bicyclic) bond motifs is 1. The topological polar surface area (TPSA) is 60.2 Å². The minimum absolute atomic E-state index is 0.0310. The van der Waals surface area contributed by atoms with Crippen LogP contribution in [-0.2, 0) is 17.8 Å². The SMILES string of the molecule is Cc1ccc(OCc2nc(CC(=O)N(C)[C@@H](C)c3ccc(-n4cnc5ccccc54)cc3)cs2)cc1. The third-order valence-electron chi connectivity index (χ3n) is 6.40. The Labute approximate surface area is 214 Å². The number of aromatic nitrogens is 3. The molecule has 0 N–H and O–H groups in total. The van der Waals surface area contributed by atoms with Crippen LogP contribution in [0.2, 0.25) is 0 Å². The van der Waals surface area contributed by atoms with Gasteiger partial charge < -0.3 is 9.64 Å². The summed E-state index contributed by atoms with van der Waals surface area (Å²) in [6.07, 6.45) is 2.10. The minimum atomic E-state index is -0.0611. The number of nitrogens with zero attached hydrogens (tertiary/aromatic N) is 4. The van der Waals surface area contributed by atoms with Crippen molar-refractivity contribution in [2.24, 2.45) is 0 Å². The Morgan fingerprint density at radius 2 is 1.81 bits per heavy atom. The first-order valence-corrected chi connectivity index (χ1v) is 12.8. The van der Waals surface area contributed by atoms with Crippen molar-refractivity contribution in [3.63, 3.8) is 0 Å². The zero-order chi connectivity index (χ0) is 25.1.